The molecule has 3 rings (SSSR count). The van der Waals surface area contributed by atoms with Crippen molar-refractivity contribution in [2.45, 2.75) is 19.5 Å². The van der Waals surface area contributed by atoms with Crippen LogP contribution < -0.4 is 10.1 Å². The van der Waals surface area contributed by atoms with Gasteiger partial charge in [0.1, 0.15) is 11.6 Å². The molecule has 32 heavy (non-hydrogen) atoms. The van der Waals surface area contributed by atoms with Gasteiger partial charge >= 0.3 is 12.6 Å². The first-order chi connectivity index (χ1) is 15.3. The normalized spacial score (nSPS) is 15.9. The molecule has 0 aromatic heterocycles. The molecule has 2 aromatic carbocycles. The van der Waals surface area contributed by atoms with Crippen molar-refractivity contribution in [2.24, 2.45) is 5.92 Å². The predicted octanol–water partition coefficient (Wildman–Crippen LogP) is 3.46. The summed E-state index contributed by atoms with van der Waals surface area (Å²) in [6.07, 6.45) is 1.10. The maximum atomic E-state index is 13.1. The fourth-order valence-corrected chi connectivity index (χ4v) is 3.30. The van der Waals surface area contributed by atoms with Crippen LogP contribution in [-0.4, -0.2) is 49.0 Å². The maximum Gasteiger partial charge on any atom is 0.387 e. The molecule has 1 atom stereocenters. The van der Waals surface area contributed by atoms with Crippen LogP contribution in [0.4, 0.5) is 18.9 Å². The molecule has 1 aliphatic heterocycles. The number of esters is 1. The van der Waals surface area contributed by atoms with E-state index in [1.54, 1.807) is 0 Å². The van der Waals surface area contributed by atoms with Crippen molar-refractivity contribution in [1.82, 2.24) is 4.90 Å². The van der Waals surface area contributed by atoms with Gasteiger partial charge in [0.15, 0.2) is 6.61 Å². The quantitative estimate of drug-likeness (QED) is 0.653. The van der Waals surface area contributed by atoms with Gasteiger partial charge in [-0.3, -0.25) is 14.4 Å². The molecule has 1 aliphatic rings. The zero-order valence-electron chi connectivity index (χ0n) is 16.9. The predicted molar refractivity (Wildman–Crippen MR) is 108 cm³/mol. The van der Waals surface area contributed by atoms with Crippen LogP contribution in [0.3, 0.4) is 0 Å². The highest BCUT2D eigenvalue weighted by Crippen LogP contribution is 2.21. The van der Waals surface area contributed by atoms with Crippen molar-refractivity contribution >= 4 is 23.5 Å². The molecule has 1 N–H and O–H groups in total. The number of alkyl halides is 2. The summed E-state index contributed by atoms with van der Waals surface area (Å²) in [7, 11) is 0. The Morgan fingerprint density at radius 1 is 1.06 bits per heavy atom. The minimum absolute atomic E-state index is 0.0542. The second-order valence-corrected chi connectivity index (χ2v) is 7.16. The number of benzene rings is 2. The molecule has 1 saturated heterocycles. The van der Waals surface area contributed by atoms with E-state index in [0.717, 1.165) is 0 Å². The molecule has 0 bridgehead atoms. The Labute approximate surface area is 182 Å². The fourth-order valence-electron chi connectivity index (χ4n) is 3.30. The van der Waals surface area contributed by atoms with Crippen molar-refractivity contribution in [2.75, 3.05) is 25.0 Å². The van der Waals surface area contributed by atoms with Gasteiger partial charge in [0.25, 0.3) is 11.8 Å². The van der Waals surface area contributed by atoms with E-state index < -0.39 is 36.8 Å². The van der Waals surface area contributed by atoms with Gasteiger partial charge in [-0.25, -0.2) is 4.39 Å². The monoisotopic (exact) mass is 450 g/mol. The van der Waals surface area contributed by atoms with Gasteiger partial charge in [-0.1, -0.05) is 0 Å². The van der Waals surface area contributed by atoms with Crippen molar-refractivity contribution in [1.29, 1.82) is 0 Å². The number of nitrogens with zero attached hydrogens (tertiary/aromatic N) is 1. The van der Waals surface area contributed by atoms with Crippen LogP contribution in [0, 0.1) is 11.7 Å². The Morgan fingerprint density at radius 2 is 1.75 bits per heavy atom. The number of ether oxygens (including phenoxy) is 2. The van der Waals surface area contributed by atoms with Crippen LogP contribution in [0.15, 0.2) is 48.5 Å². The van der Waals surface area contributed by atoms with E-state index in [9.17, 15) is 27.6 Å². The largest absolute Gasteiger partial charge is 0.455 e. The highest BCUT2D eigenvalue weighted by Gasteiger charge is 2.30. The highest BCUT2D eigenvalue weighted by atomic mass is 19.3. The zero-order valence-corrected chi connectivity index (χ0v) is 16.9. The van der Waals surface area contributed by atoms with Gasteiger partial charge in [0.2, 0.25) is 0 Å². The highest BCUT2D eigenvalue weighted by molar-refractivity contribution is 5.95. The Hall–Kier alpha value is -3.56. The summed E-state index contributed by atoms with van der Waals surface area (Å²) < 4.78 is 46.7. The van der Waals surface area contributed by atoms with Gasteiger partial charge in [0, 0.05) is 24.3 Å². The second-order valence-electron chi connectivity index (χ2n) is 7.16. The Balaban J connectivity index is 1.47. The lowest BCUT2D eigenvalue weighted by Crippen LogP contribution is -2.43. The molecule has 0 aliphatic carbocycles. The van der Waals surface area contributed by atoms with E-state index in [4.69, 9.17) is 4.74 Å². The lowest BCUT2D eigenvalue weighted by atomic mass is 9.97. The average molecular weight is 450 g/mol. The van der Waals surface area contributed by atoms with Crippen molar-refractivity contribution in [3.8, 4) is 5.75 Å². The van der Waals surface area contributed by atoms with Gasteiger partial charge in [0.05, 0.1) is 5.92 Å². The smallest absolute Gasteiger partial charge is 0.387 e. The number of hydrogen-bond acceptors (Lipinski definition) is 5. The van der Waals surface area contributed by atoms with E-state index in [0.29, 0.717) is 30.6 Å². The Bertz CT molecular complexity index is 951. The van der Waals surface area contributed by atoms with E-state index >= 15 is 0 Å². The lowest BCUT2D eigenvalue weighted by Gasteiger charge is -2.31. The number of piperidine rings is 1. The maximum absolute atomic E-state index is 13.1. The number of carbonyl (C=O) groups excluding carboxylic acids is 3. The number of rotatable bonds is 7. The number of anilines is 1. The van der Waals surface area contributed by atoms with E-state index in [1.807, 2.05) is 0 Å². The Morgan fingerprint density at radius 3 is 2.41 bits per heavy atom. The molecule has 1 fully saturated rings. The lowest BCUT2D eigenvalue weighted by molar-refractivity contribution is -0.152. The van der Waals surface area contributed by atoms with Gasteiger partial charge in [-0.05, 0) is 61.4 Å². The second kappa shape index (κ2) is 10.7. The molecule has 2 amide bonds. The molecule has 7 nitrogen and oxygen atoms in total. The van der Waals surface area contributed by atoms with E-state index in [2.05, 4.69) is 10.1 Å². The van der Waals surface area contributed by atoms with Crippen molar-refractivity contribution < 1.29 is 37.0 Å². The van der Waals surface area contributed by atoms with Crippen LogP contribution in [0.25, 0.3) is 0 Å². The number of amides is 2. The first-order valence-electron chi connectivity index (χ1n) is 9.88. The number of likely N-dealkylation sites (tertiary alicyclic amines) is 1. The van der Waals surface area contributed by atoms with Crippen LogP contribution in [-0.2, 0) is 14.3 Å². The minimum Gasteiger partial charge on any atom is -0.455 e. The third-order valence-corrected chi connectivity index (χ3v) is 4.84. The van der Waals surface area contributed by atoms with E-state index in [1.165, 1.54) is 53.4 Å². The summed E-state index contributed by atoms with van der Waals surface area (Å²) in [5.41, 5.74) is 0.645. The zero-order chi connectivity index (χ0) is 23.1. The van der Waals surface area contributed by atoms with Crippen LogP contribution in [0.5, 0.6) is 5.75 Å². The van der Waals surface area contributed by atoms with Gasteiger partial charge in [-0.2, -0.15) is 8.78 Å². The van der Waals surface area contributed by atoms with Crippen LogP contribution in [0.2, 0.25) is 0 Å². The van der Waals surface area contributed by atoms with Gasteiger partial charge < -0.3 is 19.7 Å². The third-order valence-electron chi connectivity index (χ3n) is 4.84. The summed E-state index contributed by atoms with van der Waals surface area (Å²) in [5, 5.41) is 2.48. The van der Waals surface area contributed by atoms with Crippen LogP contribution >= 0.6 is 0 Å². The number of nitrogens with one attached hydrogen (secondary N) is 1. The van der Waals surface area contributed by atoms with Crippen molar-refractivity contribution in [3.63, 3.8) is 0 Å². The molecule has 0 spiro atoms. The molecular formula is C22H21F3N2O5. The summed E-state index contributed by atoms with van der Waals surface area (Å²) in [4.78, 5) is 38.5. The first kappa shape index (κ1) is 23.1. The summed E-state index contributed by atoms with van der Waals surface area (Å²) in [6.45, 7) is -2.87. The third kappa shape index (κ3) is 6.47. The minimum atomic E-state index is -2.95. The molecule has 0 radical (unpaired) electrons. The fraction of sp³-hybridized carbons (Fsp3) is 0.318. The molecule has 170 valence electrons. The molecule has 0 saturated carbocycles. The van der Waals surface area contributed by atoms with Crippen molar-refractivity contribution in [3.05, 3.63) is 59.9 Å². The first-order valence-corrected chi connectivity index (χ1v) is 9.88. The number of halogens is 3. The summed E-state index contributed by atoms with van der Waals surface area (Å²) >= 11 is 0. The topological polar surface area (TPSA) is 84.9 Å². The molecule has 10 heteroatoms. The molecule has 1 heterocycles. The van der Waals surface area contributed by atoms with E-state index in [-0.39, 0.29) is 18.2 Å². The molecule has 2 aromatic rings. The summed E-state index contributed by atoms with van der Waals surface area (Å²) in [6, 6.07) is 10.4. The SMILES string of the molecule is O=C(COC(=O)C1CCCN(C(=O)c2ccc(F)cc2)C1)Nc1ccc(OC(F)F)cc1. The average Bonchev–Trinajstić information content (AvgIpc) is 2.78. The molecular weight excluding hydrogens is 429 g/mol. The van der Waals surface area contributed by atoms with Gasteiger partial charge in [-0.15, -0.1) is 0 Å². The molecule has 1 unspecified atom stereocenters. The van der Waals surface area contributed by atoms with Crippen LogP contribution in [0.1, 0.15) is 23.2 Å². The standard InChI is InChI=1S/C22H21F3N2O5/c23-16-5-3-14(4-6-16)20(29)27-11-1-2-15(12-27)21(30)31-13-19(28)26-17-7-9-18(10-8-17)32-22(24)25/h3-10,15,22H,1-2,11-13H2,(H,26,28). The number of carbonyl (C=O) groups is 3. The summed E-state index contributed by atoms with van der Waals surface area (Å²) in [5.74, 6) is -2.58. The number of hydrogen-bond donors (Lipinski definition) is 1. The Kier molecular flexibility index (Phi) is 7.69.